The maximum atomic E-state index is 12.2. The molecule has 1 aromatic carbocycles. The molecule has 1 fully saturated rings. The zero-order valence-corrected chi connectivity index (χ0v) is 13.1. The van der Waals surface area contributed by atoms with Crippen molar-refractivity contribution < 1.29 is 19.1 Å². The van der Waals surface area contributed by atoms with E-state index in [1.165, 1.54) is 0 Å². The molecule has 0 unspecified atom stereocenters. The molecule has 1 saturated carbocycles. The number of carbonyl (C=O) groups is 2. The molecule has 6 heteroatoms. The fraction of sp³-hybridized carbons (Fsp3) is 0.471. The van der Waals surface area contributed by atoms with E-state index in [-0.39, 0.29) is 19.2 Å². The lowest BCUT2D eigenvalue weighted by molar-refractivity contribution is -0.153. The third kappa shape index (κ3) is 4.01. The standard InChI is InChI=1S/C17H20N2O4/c1-2-22-16(21)17(9-5-6-10-17)19-15(20)12-23-14-8-4-3-7-13(14)11-18/h3-4,7-8H,2,5-6,9-10,12H2,1H3,(H,19,20). The van der Waals surface area contributed by atoms with Crippen molar-refractivity contribution >= 4 is 11.9 Å². The van der Waals surface area contributed by atoms with Crippen molar-refractivity contribution in [1.82, 2.24) is 5.32 Å². The van der Waals surface area contributed by atoms with Crippen LogP contribution in [-0.2, 0) is 14.3 Å². The predicted octanol–water partition coefficient (Wildman–Crippen LogP) is 1.93. The van der Waals surface area contributed by atoms with Gasteiger partial charge in [-0.3, -0.25) is 4.79 Å². The van der Waals surface area contributed by atoms with Crippen LogP contribution in [0.4, 0.5) is 0 Å². The summed E-state index contributed by atoms with van der Waals surface area (Å²) in [6.45, 7) is 1.77. The topological polar surface area (TPSA) is 88.4 Å². The van der Waals surface area contributed by atoms with E-state index in [1.807, 2.05) is 6.07 Å². The first-order valence-electron chi connectivity index (χ1n) is 7.71. The van der Waals surface area contributed by atoms with Crippen LogP contribution in [0, 0.1) is 11.3 Å². The Labute approximate surface area is 135 Å². The molecule has 0 aromatic heterocycles. The summed E-state index contributed by atoms with van der Waals surface area (Å²) in [5, 5.41) is 11.8. The number of carbonyl (C=O) groups excluding carboxylic acids is 2. The van der Waals surface area contributed by atoms with E-state index in [1.54, 1.807) is 31.2 Å². The highest BCUT2D eigenvalue weighted by atomic mass is 16.5. The largest absolute Gasteiger partial charge is 0.482 e. The molecule has 0 atom stereocenters. The van der Waals surface area contributed by atoms with Crippen LogP contribution in [0.25, 0.3) is 0 Å². The number of ether oxygens (including phenoxy) is 2. The predicted molar refractivity (Wildman–Crippen MR) is 82.6 cm³/mol. The third-order valence-corrected chi connectivity index (χ3v) is 3.87. The van der Waals surface area contributed by atoms with E-state index < -0.39 is 11.4 Å². The van der Waals surface area contributed by atoms with Gasteiger partial charge >= 0.3 is 5.97 Å². The molecule has 0 radical (unpaired) electrons. The van der Waals surface area contributed by atoms with Crippen molar-refractivity contribution in [1.29, 1.82) is 5.26 Å². The Hall–Kier alpha value is -2.55. The minimum atomic E-state index is -0.939. The molecule has 1 N–H and O–H groups in total. The molecule has 0 saturated heterocycles. The fourth-order valence-electron chi connectivity index (χ4n) is 2.76. The highest BCUT2D eigenvalue weighted by Gasteiger charge is 2.43. The van der Waals surface area contributed by atoms with E-state index in [0.29, 0.717) is 24.2 Å². The number of esters is 1. The van der Waals surface area contributed by atoms with Gasteiger partial charge in [0.1, 0.15) is 17.4 Å². The maximum Gasteiger partial charge on any atom is 0.331 e. The SMILES string of the molecule is CCOC(=O)C1(NC(=O)COc2ccccc2C#N)CCCC1. The third-order valence-electron chi connectivity index (χ3n) is 3.87. The van der Waals surface area contributed by atoms with Gasteiger partial charge in [0.25, 0.3) is 5.91 Å². The summed E-state index contributed by atoms with van der Waals surface area (Å²) in [6, 6.07) is 8.70. The number of nitrogens with one attached hydrogen (secondary N) is 1. The van der Waals surface area contributed by atoms with E-state index in [2.05, 4.69) is 5.32 Å². The van der Waals surface area contributed by atoms with Gasteiger partial charge < -0.3 is 14.8 Å². The van der Waals surface area contributed by atoms with Gasteiger partial charge in [0.15, 0.2) is 6.61 Å². The second-order valence-corrected chi connectivity index (χ2v) is 5.45. The zero-order chi connectivity index (χ0) is 16.7. The van der Waals surface area contributed by atoms with Crippen LogP contribution in [0.3, 0.4) is 0 Å². The lowest BCUT2D eigenvalue weighted by Gasteiger charge is -2.27. The summed E-state index contributed by atoms with van der Waals surface area (Å²) in [5.74, 6) is -0.433. The van der Waals surface area contributed by atoms with Crippen LogP contribution in [0.2, 0.25) is 0 Å². The van der Waals surface area contributed by atoms with Gasteiger partial charge in [0.2, 0.25) is 0 Å². The molecular formula is C17H20N2O4. The van der Waals surface area contributed by atoms with Gasteiger partial charge in [-0.15, -0.1) is 0 Å². The first kappa shape index (κ1) is 16.8. The number of para-hydroxylation sites is 1. The van der Waals surface area contributed by atoms with Crippen LogP contribution >= 0.6 is 0 Å². The Morgan fingerprint density at radius 1 is 1.30 bits per heavy atom. The zero-order valence-electron chi connectivity index (χ0n) is 13.1. The van der Waals surface area contributed by atoms with Gasteiger partial charge in [0, 0.05) is 0 Å². The number of benzene rings is 1. The van der Waals surface area contributed by atoms with Crippen LogP contribution in [0.5, 0.6) is 5.75 Å². The van der Waals surface area contributed by atoms with Crippen molar-refractivity contribution in [2.24, 2.45) is 0 Å². The number of hydrogen-bond acceptors (Lipinski definition) is 5. The molecule has 0 bridgehead atoms. The summed E-state index contributed by atoms with van der Waals surface area (Å²) in [4.78, 5) is 24.3. The molecule has 0 spiro atoms. The summed E-state index contributed by atoms with van der Waals surface area (Å²) < 4.78 is 10.5. The Morgan fingerprint density at radius 2 is 2.00 bits per heavy atom. The molecule has 6 nitrogen and oxygen atoms in total. The van der Waals surface area contributed by atoms with Crippen LogP contribution < -0.4 is 10.1 Å². The van der Waals surface area contributed by atoms with E-state index in [9.17, 15) is 9.59 Å². The van der Waals surface area contributed by atoms with E-state index >= 15 is 0 Å². The second-order valence-electron chi connectivity index (χ2n) is 5.45. The monoisotopic (exact) mass is 316 g/mol. The van der Waals surface area contributed by atoms with Gasteiger partial charge in [-0.25, -0.2) is 4.79 Å². The number of rotatable bonds is 6. The number of amides is 1. The van der Waals surface area contributed by atoms with E-state index in [0.717, 1.165) is 12.8 Å². The Kier molecular flexibility index (Phi) is 5.58. The maximum absolute atomic E-state index is 12.2. The van der Waals surface area contributed by atoms with Gasteiger partial charge in [-0.05, 0) is 31.9 Å². The first-order valence-corrected chi connectivity index (χ1v) is 7.71. The molecule has 1 aromatic rings. The van der Waals surface area contributed by atoms with Crippen molar-refractivity contribution in [3.63, 3.8) is 0 Å². The number of nitrogens with zero attached hydrogens (tertiary/aromatic N) is 1. The number of nitriles is 1. The summed E-state index contributed by atoms with van der Waals surface area (Å²) in [6.07, 6.45) is 2.90. The highest BCUT2D eigenvalue weighted by Crippen LogP contribution is 2.31. The lowest BCUT2D eigenvalue weighted by Crippen LogP contribution is -2.54. The fourth-order valence-corrected chi connectivity index (χ4v) is 2.76. The quantitative estimate of drug-likeness (QED) is 0.810. The average molecular weight is 316 g/mol. The molecule has 0 heterocycles. The molecule has 2 rings (SSSR count). The van der Waals surface area contributed by atoms with Crippen molar-refractivity contribution in [2.45, 2.75) is 38.1 Å². The smallest absolute Gasteiger partial charge is 0.331 e. The molecule has 122 valence electrons. The minimum absolute atomic E-state index is 0.250. The van der Waals surface area contributed by atoms with Crippen molar-refractivity contribution in [3.05, 3.63) is 29.8 Å². The van der Waals surface area contributed by atoms with Crippen LogP contribution in [0.1, 0.15) is 38.2 Å². The summed E-state index contributed by atoms with van der Waals surface area (Å²) >= 11 is 0. The Balaban J connectivity index is 1.98. The molecule has 23 heavy (non-hydrogen) atoms. The Morgan fingerprint density at radius 3 is 2.65 bits per heavy atom. The normalized spacial score (nSPS) is 15.5. The van der Waals surface area contributed by atoms with Gasteiger partial charge in [-0.1, -0.05) is 25.0 Å². The molecular weight excluding hydrogens is 296 g/mol. The minimum Gasteiger partial charge on any atom is -0.482 e. The van der Waals surface area contributed by atoms with Crippen LogP contribution in [-0.4, -0.2) is 30.6 Å². The van der Waals surface area contributed by atoms with Gasteiger partial charge in [-0.2, -0.15) is 5.26 Å². The first-order chi connectivity index (χ1) is 11.1. The van der Waals surface area contributed by atoms with Crippen molar-refractivity contribution in [3.8, 4) is 11.8 Å². The molecule has 1 aliphatic rings. The molecule has 1 amide bonds. The second kappa shape index (κ2) is 7.63. The lowest BCUT2D eigenvalue weighted by atomic mass is 9.97. The van der Waals surface area contributed by atoms with Gasteiger partial charge in [0.05, 0.1) is 12.2 Å². The molecule has 1 aliphatic carbocycles. The summed E-state index contributed by atoms with van der Waals surface area (Å²) in [5.41, 5.74) is -0.577. The van der Waals surface area contributed by atoms with Crippen molar-refractivity contribution in [2.75, 3.05) is 13.2 Å². The van der Waals surface area contributed by atoms with E-state index in [4.69, 9.17) is 14.7 Å². The Bertz CT molecular complexity index is 615. The molecule has 0 aliphatic heterocycles. The highest BCUT2D eigenvalue weighted by molar-refractivity contribution is 5.89. The summed E-state index contributed by atoms with van der Waals surface area (Å²) in [7, 11) is 0. The number of hydrogen-bond donors (Lipinski definition) is 1. The average Bonchev–Trinajstić information content (AvgIpc) is 3.03. The van der Waals surface area contributed by atoms with Crippen LogP contribution in [0.15, 0.2) is 24.3 Å².